The Morgan fingerprint density at radius 2 is 0.789 bits per heavy atom. The Bertz CT molecular complexity index is 3510. The second-order valence-electron chi connectivity index (χ2n) is 15.1. The Labute approximate surface area is 329 Å². The maximum absolute atomic E-state index is 6.55. The highest BCUT2D eigenvalue weighted by atomic mass is 16.3. The summed E-state index contributed by atoms with van der Waals surface area (Å²) in [6, 6.07) is 75.3. The number of hydrogen-bond acceptors (Lipinski definition) is 1. The van der Waals surface area contributed by atoms with E-state index in [2.05, 4.69) is 206 Å². The maximum atomic E-state index is 6.55. The maximum Gasteiger partial charge on any atom is 0.136 e. The molecule has 0 unspecified atom stereocenters. The van der Waals surface area contributed by atoms with E-state index in [-0.39, 0.29) is 0 Å². The van der Waals surface area contributed by atoms with E-state index in [0.29, 0.717) is 0 Å². The summed E-state index contributed by atoms with van der Waals surface area (Å²) < 4.78 is 6.55. The average Bonchev–Trinajstić information content (AvgIpc) is 3.65. The number of hydrogen-bond donors (Lipinski definition) is 0. The third kappa shape index (κ3) is 4.89. The van der Waals surface area contributed by atoms with Gasteiger partial charge in [0.2, 0.25) is 0 Å². The van der Waals surface area contributed by atoms with Crippen LogP contribution in [0.25, 0.3) is 120 Å². The number of furan rings is 1. The van der Waals surface area contributed by atoms with Crippen LogP contribution in [0, 0.1) is 0 Å². The molecule has 0 N–H and O–H groups in total. The smallest absolute Gasteiger partial charge is 0.136 e. The van der Waals surface area contributed by atoms with E-state index in [1.165, 1.54) is 104 Å². The molecule has 0 bridgehead atoms. The Balaban J connectivity index is 1.07. The molecule has 0 saturated heterocycles. The Morgan fingerprint density at radius 1 is 0.246 bits per heavy atom. The predicted molar refractivity (Wildman–Crippen MR) is 243 cm³/mol. The largest absolute Gasteiger partial charge is 0.456 e. The summed E-state index contributed by atoms with van der Waals surface area (Å²) >= 11 is 0. The van der Waals surface area contributed by atoms with Gasteiger partial charge in [0.1, 0.15) is 11.2 Å². The van der Waals surface area contributed by atoms with Gasteiger partial charge in [0, 0.05) is 10.8 Å². The molecule has 1 nitrogen and oxygen atoms in total. The summed E-state index contributed by atoms with van der Waals surface area (Å²) in [7, 11) is 0. The minimum Gasteiger partial charge on any atom is -0.456 e. The lowest BCUT2D eigenvalue weighted by atomic mass is 9.83. The topological polar surface area (TPSA) is 13.1 Å². The molecule has 11 aromatic carbocycles. The van der Waals surface area contributed by atoms with Crippen molar-refractivity contribution in [2.75, 3.05) is 0 Å². The summed E-state index contributed by atoms with van der Waals surface area (Å²) in [5.74, 6) is 0. The second-order valence-corrected chi connectivity index (χ2v) is 15.1. The van der Waals surface area contributed by atoms with Gasteiger partial charge in [-0.05, 0) is 123 Å². The molecule has 0 aliphatic rings. The van der Waals surface area contributed by atoms with Crippen molar-refractivity contribution < 1.29 is 4.42 Å². The third-order valence-corrected chi connectivity index (χ3v) is 12.0. The first-order valence-electron chi connectivity index (χ1n) is 19.7. The van der Waals surface area contributed by atoms with Crippen LogP contribution in [0.4, 0.5) is 0 Å². The van der Waals surface area contributed by atoms with E-state index in [0.717, 1.165) is 16.6 Å². The molecule has 0 aliphatic carbocycles. The monoisotopic (exact) mass is 722 g/mol. The lowest BCUT2D eigenvalue weighted by Crippen LogP contribution is -1.93. The molecule has 0 aliphatic heterocycles. The lowest BCUT2D eigenvalue weighted by molar-refractivity contribution is 0.670. The van der Waals surface area contributed by atoms with Crippen molar-refractivity contribution >= 4 is 75.8 Å². The van der Waals surface area contributed by atoms with Crippen LogP contribution >= 0.6 is 0 Å². The van der Waals surface area contributed by atoms with E-state index in [4.69, 9.17) is 4.42 Å². The summed E-state index contributed by atoms with van der Waals surface area (Å²) in [4.78, 5) is 0. The standard InChI is InChI=1S/C56H34O/c1-2-14-35(15-3-1)41-29-30-49(44-22-7-6-21-43(41)44)55-47-25-10-8-23-45(47)54(46-24-9-11-26-48(46)55)39-19-12-17-37(32-39)40-27-13-18-38-33-51-53(34-50(38)40)57-52-31-28-36-16-4-5-20-42(36)56(51)52/h1-34H. The minimum atomic E-state index is 0.911. The zero-order valence-corrected chi connectivity index (χ0v) is 31.0. The summed E-state index contributed by atoms with van der Waals surface area (Å²) in [5.41, 5.74) is 11.7. The van der Waals surface area contributed by atoms with Gasteiger partial charge in [-0.2, -0.15) is 0 Å². The molecule has 1 heteroatoms. The second kappa shape index (κ2) is 12.5. The van der Waals surface area contributed by atoms with Crippen molar-refractivity contribution in [3.8, 4) is 44.5 Å². The molecule has 264 valence electrons. The molecule has 12 aromatic rings. The molecule has 0 radical (unpaired) electrons. The van der Waals surface area contributed by atoms with E-state index in [9.17, 15) is 0 Å². The first-order chi connectivity index (χ1) is 28.3. The van der Waals surface area contributed by atoms with Gasteiger partial charge >= 0.3 is 0 Å². The van der Waals surface area contributed by atoms with E-state index in [1.807, 2.05) is 0 Å². The highest BCUT2D eigenvalue weighted by Crippen LogP contribution is 2.47. The van der Waals surface area contributed by atoms with Crippen LogP contribution in [0.5, 0.6) is 0 Å². The van der Waals surface area contributed by atoms with Crippen LogP contribution in [0.3, 0.4) is 0 Å². The van der Waals surface area contributed by atoms with Crippen LogP contribution in [0.15, 0.2) is 211 Å². The van der Waals surface area contributed by atoms with Crippen LogP contribution in [-0.2, 0) is 0 Å². The number of rotatable bonds is 4. The molecular weight excluding hydrogens is 689 g/mol. The fourth-order valence-corrected chi connectivity index (χ4v) is 9.53. The molecule has 57 heavy (non-hydrogen) atoms. The molecule has 0 atom stereocenters. The van der Waals surface area contributed by atoms with Gasteiger partial charge in [-0.25, -0.2) is 0 Å². The zero-order valence-electron chi connectivity index (χ0n) is 31.0. The molecule has 0 spiro atoms. The zero-order chi connectivity index (χ0) is 37.5. The first kappa shape index (κ1) is 31.8. The van der Waals surface area contributed by atoms with Gasteiger partial charge in [-0.3, -0.25) is 0 Å². The Kier molecular flexibility index (Phi) is 7.00. The molecule has 0 amide bonds. The fraction of sp³-hybridized carbons (Fsp3) is 0. The van der Waals surface area contributed by atoms with Crippen LogP contribution < -0.4 is 0 Å². The van der Waals surface area contributed by atoms with Gasteiger partial charge in [0.05, 0.1) is 0 Å². The molecule has 1 aromatic heterocycles. The normalized spacial score (nSPS) is 11.9. The molecule has 0 saturated carbocycles. The summed E-state index contributed by atoms with van der Waals surface area (Å²) in [6.45, 7) is 0. The molecule has 12 rings (SSSR count). The van der Waals surface area contributed by atoms with Crippen LogP contribution in [0.1, 0.15) is 0 Å². The van der Waals surface area contributed by atoms with Gasteiger partial charge in [0.25, 0.3) is 0 Å². The quantitative estimate of drug-likeness (QED) is 0.165. The lowest BCUT2D eigenvalue weighted by Gasteiger charge is -2.20. The van der Waals surface area contributed by atoms with Crippen molar-refractivity contribution in [3.63, 3.8) is 0 Å². The molecular formula is C56H34O. The van der Waals surface area contributed by atoms with Gasteiger partial charge in [0.15, 0.2) is 0 Å². The predicted octanol–water partition coefficient (Wildman–Crippen LogP) is 16.0. The van der Waals surface area contributed by atoms with Crippen molar-refractivity contribution in [2.45, 2.75) is 0 Å². The van der Waals surface area contributed by atoms with Crippen molar-refractivity contribution in [3.05, 3.63) is 206 Å². The average molecular weight is 723 g/mol. The first-order valence-corrected chi connectivity index (χ1v) is 19.7. The van der Waals surface area contributed by atoms with Crippen molar-refractivity contribution in [1.82, 2.24) is 0 Å². The SMILES string of the molecule is c1ccc(-c2ccc(-c3c4ccccc4c(-c4cccc(-c5cccc6cc7c(cc56)oc5ccc6ccccc6c57)c4)c4ccccc34)c3ccccc23)cc1. The number of benzene rings is 11. The van der Waals surface area contributed by atoms with Gasteiger partial charge in [-0.15, -0.1) is 0 Å². The van der Waals surface area contributed by atoms with Gasteiger partial charge < -0.3 is 4.42 Å². The fourth-order valence-electron chi connectivity index (χ4n) is 9.53. The van der Waals surface area contributed by atoms with Crippen molar-refractivity contribution in [2.24, 2.45) is 0 Å². The Morgan fingerprint density at radius 3 is 1.54 bits per heavy atom. The highest BCUT2D eigenvalue weighted by molar-refractivity contribution is 6.25. The summed E-state index contributed by atoms with van der Waals surface area (Å²) in [6.07, 6.45) is 0. The minimum absolute atomic E-state index is 0.911. The van der Waals surface area contributed by atoms with Crippen molar-refractivity contribution in [1.29, 1.82) is 0 Å². The third-order valence-electron chi connectivity index (χ3n) is 12.0. The van der Waals surface area contributed by atoms with E-state index < -0.39 is 0 Å². The van der Waals surface area contributed by atoms with Crippen LogP contribution in [-0.4, -0.2) is 0 Å². The highest BCUT2D eigenvalue weighted by Gasteiger charge is 2.20. The van der Waals surface area contributed by atoms with Crippen LogP contribution in [0.2, 0.25) is 0 Å². The molecule has 1 heterocycles. The van der Waals surface area contributed by atoms with E-state index in [1.54, 1.807) is 0 Å². The van der Waals surface area contributed by atoms with Gasteiger partial charge in [-0.1, -0.05) is 182 Å². The number of fused-ring (bicyclic) bond motifs is 9. The van der Waals surface area contributed by atoms with E-state index >= 15 is 0 Å². The summed E-state index contributed by atoms with van der Waals surface area (Å²) in [5, 5.41) is 14.7. The molecule has 0 fully saturated rings. The Hall–Kier alpha value is -7.48.